The van der Waals surface area contributed by atoms with Crippen molar-refractivity contribution in [2.45, 2.75) is 6.92 Å². The number of aliphatic hydroxyl groups is 1. The normalized spacial score (nSPS) is 11.1. The minimum atomic E-state index is -0.308. The van der Waals surface area contributed by atoms with Crippen molar-refractivity contribution in [3.8, 4) is 0 Å². The number of thiol groups is 1. The lowest BCUT2D eigenvalue weighted by atomic mass is 10.0. The molecule has 0 aliphatic carbocycles. The van der Waals surface area contributed by atoms with Crippen molar-refractivity contribution < 1.29 is 9.90 Å². The lowest BCUT2D eigenvalue weighted by Gasteiger charge is -2.10. The summed E-state index contributed by atoms with van der Waals surface area (Å²) < 4.78 is 0.272. The summed E-state index contributed by atoms with van der Waals surface area (Å²) in [5.41, 5.74) is 2.51. The van der Waals surface area contributed by atoms with E-state index in [2.05, 4.69) is 17.9 Å². The zero-order valence-corrected chi connectivity index (χ0v) is 13.6. The molecule has 22 heavy (non-hydrogen) atoms. The molecule has 0 heterocycles. The second kappa shape index (κ2) is 7.24. The molecule has 2 aromatic rings. The Morgan fingerprint density at radius 3 is 2.55 bits per heavy atom. The highest BCUT2D eigenvalue weighted by molar-refractivity contribution is 8.11. The van der Waals surface area contributed by atoms with Gasteiger partial charge in [0.1, 0.15) is 10.1 Å². The molecule has 0 atom stereocenters. The van der Waals surface area contributed by atoms with Crippen molar-refractivity contribution in [1.82, 2.24) is 0 Å². The number of thiocarbonyl (C=S) groups is 1. The summed E-state index contributed by atoms with van der Waals surface area (Å²) in [4.78, 5) is 12.4. The second-order valence-corrected chi connectivity index (χ2v) is 5.90. The first kappa shape index (κ1) is 16.3. The van der Waals surface area contributed by atoms with Crippen LogP contribution in [-0.2, 0) is 0 Å². The van der Waals surface area contributed by atoms with E-state index >= 15 is 0 Å². The number of rotatable bonds is 4. The predicted molar refractivity (Wildman–Crippen MR) is 97.8 cm³/mol. The smallest absolute Gasteiger partial charge is 0.191 e. The van der Waals surface area contributed by atoms with E-state index in [0.717, 1.165) is 5.56 Å². The first-order chi connectivity index (χ1) is 10.5. The summed E-state index contributed by atoms with van der Waals surface area (Å²) in [5, 5.41) is 12.9. The molecule has 5 heteroatoms. The third-order valence-electron chi connectivity index (χ3n) is 3.02. The molecule has 3 nitrogen and oxygen atoms in total. The van der Waals surface area contributed by atoms with Gasteiger partial charge in [0, 0.05) is 17.2 Å². The number of carbonyl (C=O) groups excluding carboxylic acids is 1. The maximum Gasteiger partial charge on any atom is 0.191 e. The van der Waals surface area contributed by atoms with Gasteiger partial charge in [-0.3, -0.25) is 4.79 Å². The van der Waals surface area contributed by atoms with Gasteiger partial charge in [0.15, 0.2) is 5.78 Å². The first-order valence-corrected chi connectivity index (χ1v) is 7.44. The zero-order valence-electron chi connectivity index (χ0n) is 11.9. The minimum absolute atomic E-state index is 0.0773. The molecule has 2 rings (SSSR count). The van der Waals surface area contributed by atoms with Crippen molar-refractivity contribution in [3.63, 3.8) is 0 Å². The number of benzene rings is 2. The van der Waals surface area contributed by atoms with Crippen LogP contribution < -0.4 is 5.32 Å². The quantitative estimate of drug-likeness (QED) is 0.256. The predicted octanol–water partition coefficient (Wildman–Crippen LogP) is 4.40. The van der Waals surface area contributed by atoms with Crippen LogP contribution in [0.3, 0.4) is 0 Å². The SMILES string of the molecule is Cc1ccc(NC(=S)S)c(C(=O)C=C(O)c2ccccc2)c1. The molecule has 0 bridgehead atoms. The highest BCUT2D eigenvalue weighted by atomic mass is 32.1. The number of hydrogen-bond donors (Lipinski definition) is 3. The molecule has 2 aromatic carbocycles. The van der Waals surface area contributed by atoms with Crippen LogP contribution in [0, 0.1) is 6.92 Å². The molecule has 0 saturated heterocycles. The Morgan fingerprint density at radius 2 is 1.91 bits per heavy atom. The highest BCUT2D eigenvalue weighted by Gasteiger charge is 2.12. The van der Waals surface area contributed by atoms with E-state index in [1.54, 1.807) is 36.4 Å². The van der Waals surface area contributed by atoms with Gasteiger partial charge in [-0.1, -0.05) is 54.2 Å². The molecule has 0 aliphatic heterocycles. The minimum Gasteiger partial charge on any atom is -0.507 e. The lowest BCUT2D eigenvalue weighted by Crippen LogP contribution is -2.08. The van der Waals surface area contributed by atoms with Gasteiger partial charge in [0.05, 0.1) is 5.69 Å². The Labute approximate surface area is 140 Å². The van der Waals surface area contributed by atoms with Crippen molar-refractivity contribution in [3.05, 3.63) is 71.3 Å². The third-order valence-corrected chi connectivity index (χ3v) is 3.23. The van der Waals surface area contributed by atoms with Gasteiger partial charge in [0.2, 0.25) is 0 Å². The van der Waals surface area contributed by atoms with Crippen LogP contribution >= 0.6 is 24.8 Å². The molecule has 0 saturated carbocycles. The molecule has 112 valence electrons. The Hall–Kier alpha value is -2.11. The Kier molecular flexibility index (Phi) is 5.35. The molecular weight excluding hydrogens is 314 g/mol. The van der Waals surface area contributed by atoms with Gasteiger partial charge in [-0.25, -0.2) is 0 Å². The van der Waals surface area contributed by atoms with E-state index in [1.807, 2.05) is 19.1 Å². The fraction of sp³-hybridized carbons (Fsp3) is 0.0588. The second-order valence-electron chi connectivity index (χ2n) is 4.74. The number of ketones is 1. The van der Waals surface area contributed by atoms with E-state index in [0.29, 0.717) is 16.8 Å². The maximum atomic E-state index is 12.4. The average molecular weight is 329 g/mol. The molecule has 0 radical (unpaired) electrons. The van der Waals surface area contributed by atoms with Crippen LogP contribution in [0.15, 0.2) is 54.6 Å². The number of allylic oxidation sites excluding steroid dienone is 1. The van der Waals surface area contributed by atoms with Crippen LogP contribution in [0.25, 0.3) is 5.76 Å². The number of hydrogen-bond acceptors (Lipinski definition) is 3. The highest BCUT2D eigenvalue weighted by Crippen LogP contribution is 2.21. The van der Waals surface area contributed by atoms with Crippen LogP contribution in [-0.4, -0.2) is 15.2 Å². The molecule has 0 aromatic heterocycles. The van der Waals surface area contributed by atoms with Crippen molar-refractivity contribution in [2.75, 3.05) is 5.32 Å². The van der Waals surface area contributed by atoms with E-state index in [-0.39, 0.29) is 15.9 Å². The molecule has 0 spiro atoms. The first-order valence-electron chi connectivity index (χ1n) is 6.58. The molecule has 2 N–H and O–H groups in total. The van der Waals surface area contributed by atoms with Gasteiger partial charge < -0.3 is 10.4 Å². The summed E-state index contributed by atoms with van der Waals surface area (Å²) >= 11 is 8.92. The fourth-order valence-electron chi connectivity index (χ4n) is 1.98. The molecular formula is C17H15NO2S2. The van der Waals surface area contributed by atoms with Crippen LogP contribution in [0.5, 0.6) is 0 Å². The average Bonchev–Trinajstić information content (AvgIpc) is 2.49. The van der Waals surface area contributed by atoms with E-state index in [9.17, 15) is 9.90 Å². The van der Waals surface area contributed by atoms with E-state index in [1.165, 1.54) is 6.08 Å². The van der Waals surface area contributed by atoms with Gasteiger partial charge in [-0.05, 0) is 19.1 Å². The number of aliphatic hydroxyl groups excluding tert-OH is 1. The Bertz CT molecular complexity index is 740. The summed E-state index contributed by atoms with van der Waals surface area (Å²) in [6.45, 7) is 1.89. The Morgan fingerprint density at radius 1 is 1.23 bits per heavy atom. The molecule has 0 fully saturated rings. The lowest BCUT2D eigenvalue weighted by molar-refractivity contribution is 0.104. The van der Waals surface area contributed by atoms with Crippen LogP contribution in [0.4, 0.5) is 5.69 Å². The topological polar surface area (TPSA) is 49.3 Å². The van der Waals surface area contributed by atoms with Gasteiger partial charge in [0.25, 0.3) is 0 Å². The van der Waals surface area contributed by atoms with Gasteiger partial charge in [-0.2, -0.15) is 0 Å². The van der Waals surface area contributed by atoms with Crippen molar-refractivity contribution in [2.24, 2.45) is 0 Å². The maximum absolute atomic E-state index is 12.4. The summed E-state index contributed by atoms with van der Waals surface area (Å²) in [5.74, 6) is -0.386. The summed E-state index contributed by atoms with van der Waals surface area (Å²) in [7, 11) is 0. The summed E-state index contributed by atoms with van der Waals surface area (Å²) in [6, 6.07) is 14.3. The zero-order chi connectivity index (χ0) is 16.1. The standard InChI is InChI=1S/C17H15NO2S2/c1-11-7-8-14(18-17(21)22)13(9-11)16(20)10-15(19)12-5-3-2-4-6-12/h2-10,19H,1H3,(H2,18,21,22). The number of anilines is 1. The monoisotopic (exact) mass is 329 g/mol. The number of aryl methyl sites for hydroxylation is 1. The largest absolute Gasteiger partial charge is 0.507 e. The molecule has 0 unspecified atom stereocenters. The Balaban J connectivity index is 2.37. The van der Waals surface area contributed by atoms with E-state index < -0.39 is 0 Å². The van der Waals surface area contributed by atoms with Gasteiger partial charge >= 0.3 is 0 Å². The van der Waals surface area contributed by atoms with Crippen molar-refractivity contribution >= 4 is 46.4 Å². The van der Waals surface area contributed by atoms with Crippen LogP contribution in [0.1, 0.15) is 21.5 Å². The fourth-order valence-corrected chi connectivity index (χ4v) is 2.21. The van der Waals surface area contributed by atoms with Crippen molar-refractivity contribution in [1.29, 1.82) is 0 Å². The van der Waals surface area contributed by atoms with Gasteiger partial charge in [-0.15, -0.1) is 12.6 Å². The molecule has 0 aliphatic rings. The number of nitrogens with one attached hydrogen (secondary N) is 1. The molecule has 0 amide bonds. The van der Waals surface area contributed by atoms with Crippen LogP contribution in [0.2, 0.25) is 0 Å². The van der Waals surface area contributed by atoms with E-state index in [4.69, 9.17) is 12.2 Å². The number of carbonyl (C=O) groups is 1. The third kappa shape index (κ3) is 4.19. The summed E-state index contributed by atoms with van der Waals surface area (Å²) in [6.07, 6.45) is 1.21.